The van der Waals surface area contributed by atoms with Crippen molar-refractivity contribution >= 4 is 71.3 Å². The lowest BCUT2D eigenvalue weighted by Crippen LogP contribution is -2.13. The van der Waals surface area contributed by atoms with Gasteiger partial charge in [-0.25, -0.2) is 0 Å². The van der Waals surface area contributed by atoms with Crippen LogP contribution in [0.2, 0.25) is 0 Å². The predicted octanol–water partition coefficient (Wildman–Crippen LogP) is 17.2. The molecule has 0 atom stereocenters. The van der Waals surface area contributed by atoms with Crippen LogP contribution in [-0.4, -0.2) is 0 Å². The number of para-hydroxylation sites is 3. The molecule has 0 saturated heterocycles. The first-order chi connectivity index (χ1) is 30.8. The summed E-state index contributed by atoms with van der Waals surface area (Å²) >= 11 is 0. The van der Waals surface area contributed by atoms with Crippen LogP contribution >= 0.6 is 0 Å². The van der Waals surface area contributed by atoms with Gasteiger partial charge in [-0.2, -0.15) is 0 Å². The van der Waals surface area contributed by atoms with E-state index in [4.69, 9.17) is 4.42 Å². The standard InChI is InChI=1S/C60H39NO/c1-3-18-40(19-4-1)42-22-17-23-43(38-42)45-24-11-14-31-55(45)61(57-37-36-47(41-20-5-2-6-21-41)60-59(57)53-30-13-16-33-58(53)62-60)56-32-15-12-25-46(56)44-34-35-52-50-28-8-7-26-48(50)49-27-9-10-29-51(49)54(52)39-44/h1-39H. The molecule has 0 aliphatic rings. The number of furan rings is 1. The van der Waals surface area contributed by atoms with Crippen LogP contribution in [0.3, 0.4) is 0 Å². The lowest BCUT2D eigenvalue weighted by Gasteiger charge is -2.31. The van der Waals surface area contributed by atoms with E-state index >= 15 is 0 Å². The van der Waals surface area contributed by atoms with E-state index in [1.165, 1.54) is 43.4 Å². The van der Waals surface area contributed by atoms with E-state index < -0.39 is 0 Å². The van der Waals surface area contributed by atoms with Gasteiger partial charge in [-0.15, -0.1) is 0 Å². The summed E-state index contributed by atoms with van der Waals surface area (Å²) in [4.78, 5) is 2.47. The van der Waals surface area contributed by atoms with Crippen LogP contribution in [0, 0.1) is 0 Å². The molecule has 12 rings (SSSR count). The molecule has 1 aromatic heterocycles. The summed E-state index contributed by atoms with van der Waals surface area (Å²) in [5, 5.41) is 9.70. The van der Waals surface area contributed by atoms with Gasteiger partial charge in [0.2, 0.25) is 0 Å². The van der Waals surface area contributed by atoms with Crippen molar-refractivity contribution in [3.05, 3.63) is 237 Å². The van der Waals surface area contributed by atoms with Crippen molar-refractivity contribution in [1.29, 1.82) is 0 Å². The van der Waals surface area contributed by atoms with Crippen LogP contribution < -0.4 is 4.90 Å². The van der Waals surface area contributed by atoms with Crippen LogP contribution in [0.25, 0.3) is 98.8 Å². The van der Waals surface area contributed by atoms with Crippen LogP contribution in [0.4, 0.5) is 17.1 Å². The Morgan fingerprint density at radius 3 is 1.40 bits per heavy atom. The molecule has 0 fully saturated rings. The highest BCUT2D eigenvalue weighted by Gasteiger charge is 2.26. The minimum absolute atomic E-state index is 0.859. The largest absolute Gasteiger partial charge is 0.455 e. The highest BCUT2D eigenvalue weighted by atomic mass is 16.3. The lowest BCUT2D eigenvalue weighted by atomic mass is 9.91. The van der Waals surface area contributed by atoms with E-state index in [1.807, 2.05) is 0 Å². The maximum Gasteiger partial charge on any atom is 0.145 e. The van der Waals surface area contributed by atoms with E-state index in [2.05, 4.69) is 241 Å². The minimum Gasteiger partial charge on any atom is -0.455 e. The van der Waals surface area contributed by atoms with Crippen molar-refractivity contribution in [2.24, 2.45) is 0 Å². The second-order valence-electron chi connectivity index (χ2n) is 16.0. The van der Waals surface area contributed by atoms with Gasteiger partial charge in [0.25, 0.3) is 0 Å². The number of nitrogens with zero attached hydrogens (tertiary/aromatic N) is 1. The molecule has 290 valence electrons. The fourth-order valence-corrected chi connectivity index (χ4v) is 9.63. The van der Waals surface area contributed by atoms with Gasteiger partial charge in [-0.1, -0.05) is 194 Å². The molecule has 12 aromatic rings. The molecule has 2 heteroatoms. The van der Waals surface area contributed by atoms with Gasteiger partial charge in [-0.3, -0.25) is 0 Å². The number of benzene rings is 11. The molecule has 2 nitrogen and oxygen atoms in total. The topological polar surface area (TPSA) is 16.4 Å². The van der Waals surface area contributed by atoms with Crippen molar-refractivity contribution in [3.63, 3.8) is 0 Å². The Labute approximate surface area is 360 Å². The molecule has 0 aliphatic heterocycles. The van der Waals surface area contributed by atoms with Crippen molar-refractivity contribution in [2.75, 3.05) is 4.90 Å². The van der Waals surface area contributed by atoms with Crippen LogP contribution in [0.5, 0.6) is 0 Å². The minimum atomic E-state index is 0.859. The molecule has 0 amide bonds. The Bertz CT molecular complexity index is 3600. The maximum absolute atomic E-state index is 6.89. The van der Waals surface area contributed by atoms with E-state index in [0.717, 1.165) is 72.4 Å². The van der Waals surface area contributed by atoms with Crippen molar-refractivity contribution in [3.8, 4) is 44.5 Å². The highest BCUT2D eigenvalue weighted by Crippen LogP contribution is 2.51. The predicted molar refractivity (Wildman–Crippen MR) is 263 cm³/mol. The Hall–Kier alpha value is -8.20. The van der Waals surface area contributed by atoms with Crippen molar-refractivity contribution < 1.29 is 4.42 Å². The third-order valence-electron chi connectivity index (χ3n) is 12.5. The first-order valence-corrected chi connectivity index (χ1v) is 21.3. The summed E-state index contributed by atoms with van der Waals surface area (Å²) in [7, 11) is 0. The Morgan fingerprint density at radius 2 is 0.742 bits per heavy atom. The first-order valence-electron chi connectivity index (χ1n) is 21.3. The summed E-state index contributed by atoms with van der Waals surface area (Å²) in [6.45, 7) is 0. The van der Waals surface area contributed by atoms with E-state index in [9.17, 15) is 0 Å². The molecule has 0 bridgehead atoms. The third kappa shape index (κ3) is 5.88. The van der Waals surface area contributed by atoms with Crippen LogP contribution in [-0.2, 0) is 0 Å². The van der Waals surface area contributed by atoms with E-state index in [-0.39, 0.29) is 0 Å². The van der Waals surface area contributed by atoms with Crippen molar-refractivity contribution in [2.45, 2.75) is 0 Å². The van der Waals surface area contributed by atoms with Gasteiger partial charge < -0.3 is 9.32 Å². The Morgan fingerprint density at radius 1 is 0.258 bits per heavy atom. The number of hydrogen-bond acceptors (Lipinski definition) is 2. The monoisotopic (exact) mass is 789 g/mol. The average molecular weight is 790 g/mol. The van der Waals surface area contributed by atoms with Gasteiger partial charge >= 0.3 is 0 Å². The second-order valence-corrected chi connectivity index (χ2v) is 16.0. The number of rotatable bonds is 7. The van der Waals surface area contributed by atoms with Gasteiger partial charge in [0, 0.05) is 22.1 Å². The molecular formula is C60H39NO. The number of fused-ring (bicyclic) bond motifs is 9. The molecule has 1 heterocycles. The smallest absolute Gasteiger partial charge is 0.145 e. The number of anilines is 3. The van der Waals surface area contributed by atoms with Crippen molar-refractivity contribution in [1.82, 2.24) is 0 Å². The molecule has 62 heavy (non-hydrogen) atoms. The molecule has 0 aliphatic carbocycles. The summed E-state index contributed by atoms with van der Waals surface area (Å²) in [5.74, 6) is 0. The molecule has 0 N–H and O–H groups in total. The Balaban J connectivity index is 1.15. The summed E-state index contributed by atoms with van der Waals surface area (Å²) in [5.41, 5.74) is 14.0. The van der Waals surface area contributed by atoms with Gasteiger partial charge in [-0.05, 0) is 103 Å². The summed E-state index contributed by atoms with van der Waals surface area (Å²) < 4.78 is 6.89. The molecular weight excluding hydrogens is 751 g/mol. The molecule has 0 saturated carbocycles. The Kier molecular flexibility index (Phi) is 8.53. The lowest BCUT2D eigenvalue weighted by molar-refractivity contribution is 0.670. The second kappa shape index (κ2) is 14.8. The normalized spacial score (nSPS) is 11.5. The van der Waals surface area contributed by atoms with E-state index in [1.54, 1.807) is 0 Å². The summed E-state index contributed by atoms with van der Waals surface area (Å²) in [6.07, 6.45) is 0. The van der Waals surface area contributed by atoms with Crippen LogP contribution in [0.15, 0.2) is 241 Å². The average Bonchev–Trinajstić information content (AvgIpc) is 3.75. The van der Waals surface area contributed by atoms with E-state index in [0.29, 0.717) is 0 Å². The summed E-state index contributed by atoms with van der Waals surface area (Å²) in [6, 6.07) is 85.4. The van der Waals surface area contributed by atoms with Gasteiger partial charge in [0.1, 0.15) is 11.2 Å². The van der Waals surface area contributed by atoms with Crippen LogP contribution in [0.1, 0.15) is 0 Å². The number of hydrogen-bond donors (Lipinski definition) is 0. The van der Waals surface area contributed by atoms with Gasteiger partial charge in [0.15, 0.2) is 0 Å². The molecule has 11 aromatic carbocycles. The van der Waals surface area contributed by atoms with Gasteiger partial charge in [0.05, 0.1) is 22.4 Å². The fourth-order valence-electron chi connectivity index (χ4n) is 9.63. The molecule has 0 unspecified atom stereocenters. The highest BCUT2D eigenvalue weighted by molar-refractivity contribution is 6.26. The quantitative estimate of drug-likeness (QED) is 0.150. The SMILES string of the molecule is c1ccc(-c2cccc(-c3ccccc3N(c3ccccc3-c3ccc4c5ccccc5c5ccccc5c4c3)c3ccc(-c4ccccc4)c4oc5ccccc5c34)c2)cc1. The third-order valence-corrected chi connectivity index (χ3v) is 12.5. The zero-order valence-electron chi connectivity index (χ0n) is 33.9. The first kappa shape index (κ1) is 35.7. The fraction of sp³-hybridized carbons (Fsp3) is 0. The molecule has 0 radical (unpaired) electrons. The zero-order valence-corrected chi connectivity index (χ0v) is 33.9. The maximum atomic E-state index is 6.89. The zero-order chi connectivity index (χ0) is 41.0. The molecule has 0 spiro atoms.